The van der Waals surface area contributed by atoms with Gasteiger partial charge < -0.3 is 30.7 Å². The molecule has 0 saturated carbocycles. The molecule has 1 aliphatic heterocycles. The molecule has 0 fully saturated rings. The van der Waals surface area contributed by atoms with Gasteiger partial charge in [0.05, 0.1) is 11.5 Å². The van der Waals surface area contributed by atoms with Gasteiger partial charge >= 0.3 is 13.1 Å². The molecule has 1 aliphatic rings. The van der Waals surface area contributed by atoms with Gasteiger partial charge in [-0.3, -0.25) is 4.79 Å². The molecule has 1 aromatic carbocycles. The van der Waals surface area contributed by atoms with Gasteiger partial charge in [-0.15, -0.1) is 11.3 Å². The summed E-state index contributed by atoms with van der Waals surface area (Å²) in [6.07, 6.45) is -0.0975. The van der Waals surface area contributed by atoms with E-state index in [9.17, 15) is 19.7 Å². The van der Waals surface area contributed by atoms with Crippen molar-refractivity contribution in [1.29, 1.82) is 0 Å². The minimum Gasteiger partial charge on any atom is -0.534 e. The van der Waals surface area contributed by atoms with Crippen LogP contribution in [0.5, 0.6) is 5.75 Å². The molecule has 0 radical (unpaired) electrons. The summed E-state index contributed by atoms with van der Waals surface area (Å²) in [6, 6.07) is 4.63. The zero-order valence-corrected chi connectivity index (χ0v) is 16.5. The lowest BCUT2D eigenvalue weighted by atomic mass is 9.72. The topological polar surface area (TPSA) is 156 Å². The normalized spacial score (nSPS) is 16.2. The van der Waals surface area contributed by atoms with Gasteiger partial charge in [0.1, 0.15) is 17.5 Å². The molecule has 1 atom stereocenters. The summed E-state index contributed by atoms with van der Waals surface area (Å²) in [5, 5.41) is 27.9. The number of para-hydroxylation sites is 1. The van der Waals surface area contributed by atoms with Gasteiger partial charge in [-0.25, -0.2) is 9.78 Å². The molecular formula is C17H19BN4O6S. The SMILES string of the molecule is CC(C)O/N=C(\C(=O)N[C@H]1Cc2cccc(C(=O)O)c2OB1O)c1csc(N)n1. The Balaban J connectivity index is 1.82. The quantitative estimate of drug-likeness (QED) is 0.303. The van der Waals surface area contributed by atoms with Crippen molar-refractivity contribution in [2.45, 2.75) is 32.3 Å². The van der Waals surface area contributed by atoms with Gasteiger partial charge in [-0.1, -0.05) is 17.3 Å². The molecule has 3 rings (SSSR count). The smallest absolute Gasteiger partial charge is 0.534 e. The number of hydrogen-bond donors (Lipinski definition) is 4. The van der Waals surface area contributed by atoms with Crippen molar-refractivity contribution < 1.29 is 29.2 Å². The highest BCUT2D eigenvalue weighted by Crippen LogP contribution is 2.30. The predicted molar refractivity (Wildman–Crippen MR) is 107 cm³/mol. The molecule has 0 unspecified atom stereocenters. The number of carboxylic acid groups (broad SMARTS) is 1. The highest BCUT2D eigenvalue weighted by Gasteiger charge is 2.38. The van der Waals surface area contributed by atoms with E-state index in [1.807, 2.05) is 0 Å². The number of aromatic nitrogens is 1. The largest absolute Gasteiger partial charge is 0.547 e. The molecule has 0 bridgehead atoms. The number of thiazole rings is 1. The number of carbonyl (C=O) groups excluding carboxylic acids is 1. The minimum absolute atomic E-state index is 0.0585. The number of nitrogens with zero attached hydrogens (tertiary/aromatic N) is 2. The average Bonchev–Trinajstić information content (AvgIpc) is 3.07. The van der Waals surface area contributed by atoms with Crippen LogP contribution in [0, 0.1) is 0 Å². The van der Waals surface area contributed by atoms with Crippen LogP contribution < -0.4 is 15.7 Å². The van der Waals surface area contributed by atoms with E-state index in [0.29, 0.717) is 5.56 Å². The van der Waals surface area contributed by atoms with E-state index in [2.05, 4.69) is 15.5 Å². The van der Waals surface area contributed by atoms with Crippen molar-refractivity contribution in [2.24, 2.45) is 5.16 Å². The Bertz CT molecular complexity index is 963. The Morgan fingerprint density at radius 3 is 2.86 bits per heavy atom. The van der Waals surface area contributed by atoms with Crippen LogP contribution in [0.25, 0.3) is 0 Å². The van der Waals surface area contributed by atoms with Crippen LogP contribution in [0.4, 0.5) is 5.13 Å². The number of carbonyl (C=O) groups is 2. The van der Waals surface area contributed by atoms with Crippen molar-refractivity contribution >= 4 is 41.2 Å². The van der Waals surface area contributed by atoms with E-state index in [1.165, 1.54) is 6.07 Å². The fraction of sp³-hybridized carbons (Fsp3) is 0.294. The number of oxime groups is 1. The highest BCUT2D eigenvalue weighted by molar-refractivity contribution is 7.13. The van der Waals surface area contributed by atoms with Gasteiger partial charge in [0.25, 0.3) is 5.91 Å². The minimum atomic E-state index is -1.44. The second kappa shape index (κ2) is 8.49. The molecule has 5 N–H and O–H groups in total. The number of hydrogen-bond acceptors (Lipinski definition) is 9. The standard InChI is InChI=1S/C17H19BN4O6S/c1-8(2)28-22-13(11-7-29-17(19)20-11)15(23)21-12-6-9-4-3-5-10(16(24)25)14(9)27-18(12)26/h3-5,7-8,12,26H,6H2,1-2H3,(H2,19,20)(H,21,23)(H,24,25)/b22-13-/t12-/m0/s1. The first-order valence-corrected chi connectivity index (χ1v) is 9.60. The van der Waals surface area contributed by atoms with Crippen molar-refractivity contribution in [3.05, 3.63) is 40.4 Å². The number of aromatic carboxylic acids is 1. The third-order valence-electron chi connectivity index (χ3n) is 4.00. The molecule has 152 valence electrons. The van der Waals surface area contributed by atoms with Crippen molar-refractivity contribution in [3.8, 4) is 5.75 Å². The lowest BCUT2D eigenvalue weighted by molar-refractivity contribution is -0.115. The van der Waals surface area contributed by atoms with Crippen LogP contribution in [0.2, 0.25) is 0 Å². The third-order valence-corrected chi connectivity index (χ3v) is 4.67. The van der Waals surface area contributed by atoms with E-state index in [-0.39, 0.29) is 40.4 Å². The van der Waals surface area contributed by atoms with Crippen LogP contribution in [-0.4, -0.2) is 51.9 Å². The highest BCUT2D eigenvalue weighted by atomic mass is 32.1. The fourth-order valence-corrected chi connectivity index (χ4v) is 3.26. The first-order valence-electron chi connectivity index (χ1n) is 8.72. The zero-order valence-electron chi connectivity index (χ0n) is 15.7. The number of nitrogens with two attached hydrogens (primary N) is 1. The lowest BCUT2D eigenvalue weighted by Crippen LogP contribution is -2.54. The molecule has 1 amide bonds. The van der Waals surface area contributed by atoms with Crippen molar-refractivity contribution in [3.63, 3.8) is 0 Å². The average molecular weight is 418 g/mol. The second-order valence-electron chi connectivity index (χ2n) is 6.56. The molecule has 12 heteroatoms. The summed E-state index contributed by atoms with van der Waals surface area (Å²) >= 11 is 1.15. The van der Waals surface area contributed by atoms with Crippen LogP contribution in [0.15, 0.2) is 28.7 Å². The summed E-state index contributed by atoms with van der Waals surface area (Å²) in [5.41, 5.74) is 6.28. The number of rotatable bonds is 6. The number of carboxylic acids is 1. The van der Waals surface area contributed by atoms with Crippen LogP contribution >= 0.6 is 11.3 Å². The molecule has 1 aromatic heterocycles. The van der Waals surface area contributed by atoms with E-state index in [4.69, 9.17) is 15.2 Å². The summed E-state index contributed by atoms with van der Waals surface area (Å²) in [5.74, 6) is -2.55. The van der Waals surface area contributed by atoms with Gasteiger partial charge in [0.15, 0.2) is 10.8 Å². The van der Waals surface area contributed by atoms with Gasteiger partial charge in [-0.2, -0.15) is 0 Å². The van der Waals surface area contributed by atoms with Gasteiger partial charge in [0, 0.05) is 5.38 Å². The number of amides is 1. The number of nitrogens with one attached hydrogen (secondary N) is 1. The number of fused-ring (bicyclic) bond motifs is 1. The van der Waals surface area contributed by atoms with E-state index >= 15 is 0 Å². The molecule has 2 aromatic rings. The Hall–Kier alpha value is -3.12. The summed E-state index contributed by atoms with van der Waals surface area (Å²) in [4.78, 5) is 33.4. The second-order valence-corrected chi connectivity index (χ2v) is 7.45. The van der Waals surface area contributed by atoms with Gasteiger partial charge in [-0.05, 0) is 31.9 Å². The van der Waals surface area contributed by atoms with E-state index in [1.54, 1.807) is 31.4 Å². The molecule has 0 saturated heterocycles. The maximum atomic E-state index is 12.8. The predicted octanol–water partition coefficient (Wildman–Crippen LogP) is 0.692. The van der Waals surface area contributed by atoms with Gasteiger partial charge in [0.2, 0.25) is 0 Å². The number of benzene rings is 1. The Labute approximate surface area is 170 Å². The molecule has 0 aliphatic carbocycles. The molecule has 10 nitrogen and oxygen atoms in total. The number of nitrogen functional groups attached to an aromatic ring is 1. The maximum Gasteiger partial charge on any atom is 0.547 e. The summed E-state index contributed by atoms with van der Waals surface area (Å²) < 4.78 is 5.38. The first-order chi connectivity index (χ1) is 13.8. The maximum absolute atomic E-state index is 12.8. The lowest BCUT2D eigenvalue weighted by Gasteiger charge is -2.28. The van der Waals surface area contributed by atoms with Crippen LogP contribution in [0.1, 0.15) is 35.5 Å². The molecule has 2 heterocycles. The first kappa shape index (κ1) is 20.6. The zero-order chi connectivity index (χ0) is 21.1. The Morgan fingerprint density at radius 1 is 1.48 bits per heavy atom. The van der Waals surface area contributed by atoms with E-state index in [0.717, 1.165) is 11.3 Å². The third kappa shape index (κ3) is 4.66. The molecule has 29 heavy (non-hydrogen) atoms. The molecule has 0 spiro atoms. The Morgan fingerprint density at radius 2 is 2.24 bits per heavy atom. The fourth-order valence-electron chi connectivity index (χ4n) is 2.71. The summed E-state index contributed by atoms with van der Waals surface area (Å²) in [6.45, 7) is 3.51. The van der Waals surface area contributed by atoms with Crippen molar-refractivity contribution in [1.82, 2.24) is 10.3 Å². The summed E-state index contributed by atoms with van der Waals surface area (Å²) in [7, 11) is -1.44. The molecular weight excluding hydrogens is 399 g/mol. The number of anilines is 1. The van der Waals surface area contributed by atoms with Crippen molar-refractivity contribution in [2.75, 3.05) is 5.73 Å². The van der Waals surface area contributed by atoms with Crippen LogP contribution in [0.3, 0.4) is 0 Å². The Kier molecular flexibility index (Phi) is 6.04. The van der Waals surface area contributed by atoms with E-state index < -0.39 is 24.9 Å². The monoisotopic (exact) mass is 418 g/mol. The van der Waals surface area contributed by atoms with Crippen LogP contribution in [-0.2, 0) is 16.1 Å².